The highest BCUT2D eigenvalue weighted by molar-refractivity contribution is 5.35. The number of aryl methyl sites for hydroxylation is 1. The third-order valence-electron chi connectivity index (χ3n) is 3.07. The number of quaternary nitrogens is 1. The summed E-state index contributed by atoms with van der Waals surface area (Å²) < 4.78 is 5.80. The smallest absolute Gasteiger partial charge is 0.119 e. The maximum absolute atomic E-state index is 9.14. The molecule has 0 radical (unpaired) electrons. The van der Waals surface area contributed by atoms with Crippen molar-refractivity contribution in [3.05, 3.63) is 29.3 Å². The summed E-state index contributed by atoms with van der Waals surface area (Å²) in [5.41, 5.74) is 2.58. The first kappa shape index (κ1) is 16.0. The fraction of sp³-hybridized carbons (Fsp3) is 0.625. The number of ether oxygens (including phenoxy) is 1. The fourth-order valence-electron chi connectivity index (χ4n) is 1.97. The lowest BCUT2D eigenvalue weighted by atomic mass is 10.0. The molecule has 1 aromatic rings. The van der Waals surface area contributed by atoms with Crippen LogP contribution in [0.15, 0.2) is 18.2 Å². The largest absolute Gasteiger partial charge is 0.493 e. The highest BCUT2D eigenvalue weighted by Gasteiger charge is 2.04. The van der Waals surface area contributed by atoms with E-state index < -0.39 is 0 Å². The zero-order valence-corrected chi connectivity index (χ0v) is 12.6. The van der Waals surface area contributed by atoms with Crippen LogP contribution in [-0.2, 0) is 0 Å². The standard InChI is InChI=1S/C16H27NO2/c1-12(2)15-8-13(3)9-16(10-15)19-7-5-6-17-11-14(4)18/h8-10,12,14,17-18H,5-7,11H2,1-4H3/p+1/t14-/m0/s1. The van der Waals surface area contributed by atoms with Crippen LogP contribution in [0.1, 0.15) is 44.2 Å². The van der Waals surface area contributed by atoms with Gasteiger partial charge in [-0.1, -0.05) is 19.9 Å². The second-order valence-electron chi connectivity index (χ2n) is 5.60. The Morgan fingerprint density at radius 1 is 1.21 bits per heavy atom. The summed E-state index contributed by atoms with van der Waals surface area (Å²) in [6.07, 6.45) is 0.767. The molecule has 1 rings (SSSR count). The third kappa shape index (κ3) is 6.60. The van der Waals surface area contributed by atoms with Crippen LogP contribution in [0.25, 0.3) is 0 Å². The first-order chi connectivity index (χ1) is 8.99. The van der Waals surface area contributed by atoms with Crippen LogP contribution in [0.4, 0.5) is 0 Å². The summed E-state index contributed by atoms with van der Waals surface area (Å²) in [6.45, 7) is 10.8. The normalized spacial score (nSPS) is 12.7. The summed E-state index contributed by atoms with van der Waals surface area (Å²) in [5.74, 6) is 1.50. The van der Waals surface area contributed by atoms with E-state index >= 15 is 0 Å². The summed E-state index contributed by atoms with van der Waals surface area (Å²) in [5, 5.41) is 11.3. The van der Waals surface area contributed by atoms with Gasteiger partial charge < -0.3 is 15.2 Å². The molecule has 0 heterocycles. The maximum Gasteiger partial charge on any atom is 0.119 e. The molecule has 0 saturated carbocycles. The Bertz CT molecular complexity index is 375. The predicted molar refractivity (Wildman–Crippen MR) is 78.7 cm³/mol. The van der Waals surface area contributed by atoms with Gasteiger partial charge >= 0.3 is 0 Å². The van der Waals surface area contributed by atoms with Crippen molar-refractivity contribution in [2.45, 2.75) is 46.1 Å². The van der Waals surface area contributed by atoms with Crippen molar-refractivity contribution in [3.8, 4) is 5.75 Å². The Morgan fingerprint density at radius 3 is 2.58 bits per heavy atom. The van der Waals surface area contributed by atoms with Crippen LogP contribution in [0.3, 0.4) is 0 Å². The molecule has 3 heteroatoms. The minimum Gasteiger partial charge on any atom is -0.493 e. The summed E-state index contributed by atoms with van der Waals surface area (Å²) in [6, 6.07) is 6.44. The van der Waals surface area contributed by atoms with Crippen LogP contribution in [0.2, 0.25) is 0 Å². The van der Waals surface area contributed by atoms with Gasteiger partial charge in [0.1, 0.15) is 12.3 Å². The van der Waals surface area contributed by atoms with E-state index in [2.05, 4.69) is 44.3 Å². The van der Waals surface area contributed by atoms with Gasteiger partial charge in [0.25, 0.3) is 0 Å². The molecule has 0 fully saturated rings. The number of aliphatic hydroxyl groups is 1. The first-order valence-electron chi connectivity index (χ1n) is 7.23. The molecule has 0 bridgehead atoms. The molecule has 3 nitrogen and oxygen atoms in total. The van der Waals surface area contributed by atoms with E-state index in [1.54, 1.807) is 0 Å². The number of aliphatic hydroxyl groups excluding tert-OH is 1. The quantitative estimate of drug-likeness (QED) is 0.705. The number of hydrogen-bond acceptors (Lipinski definition) is 2. The number of rotatable bonds is 8. The lowest BCUT2D eigenvalue weighted by Gasteiger charge is -2.11. The number of nitrogens with two attached hydrogens (primary N) is 1. The van der Waals surface area contributed by atoms with Gasteiger partial charge in [0.05, 0.1) is 19.3 Å². The van der Waals surface area contributed by atoms with E-state index in [-0.39, 0.29) is 6.10 Å². The molecule has 0 amide bonds. The molecule has 3 N–H and O–H groups in total. The van der Waals surface area contributed by atoms with Gasteiger partial charge in [-0.05, 0) is 43.0 Å². The van der Waals surface area contributed by atoms with E-state index in [4.69, 9.17) is 9.84 Å². The van der Waals surface area contributed by atoms with Crippen LogP contribution in [0, 0.1) is 6.92 Å². The SMILES string of the molecule is Cc1cc(OCCC[NH2+]C[C@H](C)O)cc(C(C)C)c1. The van der Waals surface area contributed by atoms with E-state index in [1.807, 2.05) is 6.92 Å². The Balaban J connectivity index is 2.33. The van der Waals surface area contributed by atoms with Crippen molar-refractivity contribution in [2.75, 3.05) is 19.7 Å². The van der Waals surface area contributed by atoms with E-state index in [9.17, 15) is 0 Å². The van der Waals surface area contributed by atoms with Crippen molar-refractivity contribution in [1.29, 1.82) is 0 Å². The lowest BCUT2D eigenvalue weighted by Crippen LogP contribution is -2.86. The maximum atomic E-state index is 9.14. The van der Waals surface area contributed by atoms with Gasteiger partial charge in [0.15, 0.2) is 0 Å². The van der Waals surface area contributed by atoms with Crippen molar-refractivity contribution in [1.82, 2.24) is 0 Å². The topological polar surface area (TPSA) is 46.1 Å². The average molecular weight is 266 g/mol. The molecular formula is C16H28NO2+. The van der Waals surface area contributed by atoms with Crippen molar-refractivity contribution >= 4 is 0 Å². The monoisotopic (exact) mass is 266 g/mol. The third-order valence-corrected chi connectivity index (χ3v) is 3.07. The Kier molecular flexibility index (Phi) is 6.89. The molecule has 0 aromatic heterocycles. The highest BCUT2D eigenvalue weighted by atomic mass is 16.5. The molecule has 1 atom stereocenters. The van der Waals surface area contributed by atoms with E-state index in [1.165, 1.54) is 11.1 Å². The Hall–Kier alpha value is -1.06. The summed E-state index contributed by atoms with van der Waals surface area (Å²) in [4.78, 5) is 0. The highest BCUT2D eigenvalue weighted by Crippen LogP contribution is 2.22. The fourth-order valence-corrected chi connectivity index (χ4v) is 1.97. The van der Waals surface area contributed by atoms with Gasteiger partial charge in [-0.15, -0.1) is 0 Å². The second-order valence-corrected chi connectivity index (χ2v) is 5.60. The predicted octanol–water partition coefficient (Wildman–Crippen LogP) is 1.83. The van der Waals surface area contributed by atoms with E-state index in [0.717, 1.165) is 31.9 Å². The summed E-state index contributed by atoms with van der Waals surface area (Å²) in [7, 11) is 0. The zero-order chi connectivity index (χ0) is 14.3. The number of hydrogen-bond donors (Lipinski definition) is 2. The Morgan fingerprint density at radius 2 is 1.95 bits per heavy atom. The van der Waals surface area contributed by atoms with Crippen molar-refractivity contribution in [2.24, 2.45) is 0 Å². The van der Waals surface area contributed by atoms with E-state index in [0.29, 0.717) is 5.92 Å². The minimum absolute atomic E-state index is 0.230. The van der Waals surface area contributed by atoms with Crippen molar-refractivity contribution in [3.63, 3.8) is 0 Å². The molecule has 108 valence electrons. The summed E-state index contributed by atoms with van der Waals surface area (Å²) >= 11 is 0. The molecule has 19 heavy (non-hydrogen) atoms. The van der Waals surface area contributed by atoms with Gasteiger partial charge in [0.2, 0.25) is 0 Å². The molecule has 0 spiro atoms. The van der Waals surface area contributed by atoms with Gasteiger partial charge in [-0.25, -0.2) is 0 Å². The second kappa shape index (κ2) is 8.18. The average Bonchev–Trinajstić information content (AvgIpc) is 2.32. The zero-order valence-electron chi connectivity index (χ0n) is 12.6. The van der Waals surface area contributed by atoms with Gasteiger partial charge in [0, 0.05) is 6.42 Å². The molecule has 1 aromatic carbocycles. The van der Waals surface area contributed by atoms with Crippen LogP contribution in [0.5, 0.6) is 5.75 Å². The van der Waals surface area contributed by atoms with Crippen LogP contribution < -0.4 is 10.1 Å². The number of benzene rings is 1. The molecule has 0 aliphatic carbocycles. The van der Waals surface area contributed by atoms with Crippen LogP contribution >= 0.6 is 0 Å². The van der Waals surface area contributed by atoms with Gasteiger partial charge in [-0.3, -0.25) is 0 Å². The molecule has 0 aliphatic heterocycles. The first-order valence-corrected chi connectivity index (χ1v) is 7.23. The molecule has 0 aliphatic rings. The Labute approximate surface area is 117 Å². The lowest BCUT2D eigenvalue weighted by molar-refractivity contribution is -0.660. The molecule has 0 saturated heterocycles. The minimum atomic E-state index is -0.230. The van der Waals surface area contributed by atoms with Gasteiger partial charge in [-0.2, -0.15) is 0 Å². The molecule has 0 unspecified atom stereocenters. The van der Waals surface area contributed by atoms with Crippen LogP contribution in [-0.4, -0.2) is 30.9 Å². The molecular weight excluding hydrogens is 238 g/mol. The van der Waals surface area contributed by atoms with Crippen molar-refractivity contribution < 1.29 is 15.2 Å².